The van der Waals surface area contributed by atoms with Gasteiger partial charge in [-0.1, -0.05) is 27.0 Å². The fraction of sp³-hybridized carbons (Fsp3) is 0.714. The molecule has 0 amide bonds. The Hall–Kier alpha value is -1.23. The SMILES string of the molecule is C=C(C)C(=O)OC(CC)[SiH2]OC(C)(C)C.C=C(C)C(=O)OC(CC)[Si](C)(C)OC. The van der Waals surface area contributed by atoms with Crippen molar-refractivity contribution in [2.75, 3.05) is 7.11 Å². The highest BCUT2D eigenvalue weighted by Gasteiger charge is 2.34. The Morgan fingerprint density at radius 2 is 1.41 bits per heavy atom. The molecule has 0 aromatic carbocycles. The number of esters is 2. The Bertz CT molecular complexity index is 552. The lowest BCUT2D eigenvalue weighted by Gasteiger charge is -2.29. The van der Waals surface area contributed by atoms with E-state index in [1.165, 1.54) is 0 Å². The highest BCUT2D eigenvalue weighted by atomic mass is 28.4. The molecule has 0 saturated carbocycles. The van der Waals surface area contributed by atoms with Gasteiger partial charge in [-0.05, 0) is 60.6 Å². The standard InChI is InChI=1S/C11H22O3Si.C10H20O3Si/c1-7-9(13-10(12)8(2)3)15-14-11(4,5)6;1-7-9(14(5,6)12-4)13-10(11)8(2)3/h9H,2,7,15H2,1,3-6H3;9H,2,7H2,1,3-6H3. The molecule has 29 heavy (non-hydrogen) atoms. The van der Waals surface area contributed by atoms with Gasteiger partial charge in [0, 0.05) is 23.9 Å². The third-order valence-electron chi connectivity index (χ3n) is 4.05. The van der Waals surface area contributed by atoms with Crippen molar-refractivity contribution in [3.63, 3.8) is 0 Å². The summed E-state index contributed by atoms with van der Waals surface area (Å²) in [4.78, 5) is 22.6. The average molecular weight is 447 g/mol. The number of ether oxygens (including phenoxy) is 2. The van der Waals surface area contributed by atoms with E-state index < -0.39 is 18.1 Å². The quantitative estimate of drug-likeness (QED) is 0.287. The highest BCUT2D eigenvalue weighted by Crippen LogP contribution is 2.17. The molecule has 0 rings (SSSR count). The maximum atomic E-state index is 11.3. The van der Waals surface area contributed by atoms with Gasteiger partial charge in [0.05, 0.1) is 0 Å². The van der Waals surface area contributed by atoms with Crippen LogP contribution in [0.4, 0.5) is 0 Å². The minimum atomic E-state index is -1.90. The maximum Gasteiger partial charge on any atom is 0.333 e. The topological polar surface area (TPSA) is 71.1 Å². The van der Waals surface area contributed by atoms with E-state index in [1.807, 2.05) is 47.7 Å². The molecule has 2 atom stereocenters. The molecule has 0 fully saturated rings. The van der Waals surface area contributed by atoms with E-state index in [0.29, 0.717) is 11.1 Å². The summed E-state index contributed by atoms with van der Waals surface area (Å²) < 4.78 is 21.7. The van der Waals surface area contributed by atoms with Crippen molar-refractivity contribution >= 4 is 30.0 Å². The van der Waals surface area contributed by atoms with Gasteiger partial charge in [0.25, 0.3) is 0 Å². The minimum absolute atomic E-state index is 0.0478. The van der Waals surface area contributed by atoms with E-state index in [0.717, 1.165) is 12.8 Å². The maximum absolute atomic E-state index is 11.3. The Morgan fingerprint density at radius 3 is 1.72 bits per heavy atom. The summed E-state index contributed by atoms with van der Waals surface area (Å²) in [5.74, 6) is -0.638. The Morgan fingerprint density at radius 1 is 0.966 bits per heavy atom. The van der Waals surface area contributed by atoms with Crippen LogP contribution in [-0.4, -0.2) is 54.2 Å². The van der Waals surface area contributed by atoms with E-state index >= 15 is 0 Å². The molecule has 170 valence electrons. The van der Waals surface area contributed by atoms with Crippen molar-refractivity contribution in [3.05, 3.63) is 24.3 Å². The molecule has 0 radical (unpaired) electrons. The zero-order valence-electron chi connectivity index (χ0n) is 20.1. The van der Waals surface area contributed by atoms with E-state index in [2.05, 4.69) is 13.2 Å². The lowest BCUT2D eigenvalue weighted by Crippen LogP contribution is -2.46. The van der Waals surface area contributed by atoms with Crippen molar-refractivity contribution in [1.29, 1.82) is 0 Å². The van der Waals surface area contributed by atoms with Gasteiger partial charge in [-0.3, -0.25) is 0 Å². The van der Waals surface area contributed by atoms with E-state index in [-0.39, 0.29) is 29.0 Å². The van der Waals surface area contributed by atoms with Crippen LogP contribution in [0.1, 0.15) is 61.3 Å². The number of rotatable bonds is 10. The monoisotopic (exact) mass is 446 g/mol. The lowest BCUT2D eigenvalue weighted by atomic mass is 10.2. The summed E-state index contributed by atoms with van der Waals surface area (Å²) in [6.07, 6.45) is 1.59. The molecule has 0 aliphatic carbocycles. The highest BCUT2D eigenvalue weighted by molar-refractivity contribution is 6.72. The van der Waals surface area contributed by atoms with Gasteiger partial charge in [-0.15, -0.1) is 0 Å². The number of hydrogen-bond acceptors (Lipinski definition) is 6. The van der Waals surface area contributed by atoms with Crippen molar-refractivity contribution in [3.8, 4) is 0 Å². The first-order valence-corrected chi connectivity index (χ1v) is 14.4. The first kappa shape index (κ1) is 30.0. The minimum Gasteiger partial charge on any atom is -0.461 e. The van der Waals surface area contributed by atoms with E-state index in [1.54, 1.807) is 21.0 Å². The van der Waals surface area contributed by atoms with Crippen LogP contribution in [0.3, 0.4) is 0 Å². The van der Waals surface area contributed by atoms with Crippen LogP contribution in [0.15, 0.2) is 24.3 Å². The van der Waals surface area contributed by atoms with E-state index in [4.69, 9.17) is 18.3 Å². The van der Waals surface area contributed by atoms with Gasteiger partial charge in [0.2, 0.25) is 18.1 Å². The molecule has 6 nitrogen and oxygen atoms in total. The molecule has 2 unspecified atom stereocenters. The summed E-state index contributed by atoms with van der Waals surface area (Å²) in [7, 11) is -1.07. The van der Waals surface area contributed by atoms with E-state index in [9.17, 15) is 9.59 Å². The largest absolute Gasteiger partial charge is 0.461 e. The summed E-state index contributed by atoms with van der Waals surface area (Å²) in [5, 5.41) is 0. The van der Waals surface area contributed by atoms with Crippen LogP contribution < -0.4 is 0 Å². The molecule has 0 aromatic rings. The van der Waals surface area contributed by atoms with Gasteiger partial charge in [0.15, 0.2) is 0 Å². The van der Waals surface area contributed by atoms with Crippen LogP contribution >= 0.6 is 0 Å². The molecular weight excluding hydrogens is 404 g/mol. The fourth-order valence-electron chi connectivity index (χ4n) is 1.91. The molecule has 0 N–H and O–H groups in total. The van der Waals surface area contributed by atoms with Gasteiger partial charge < -0.3 is 18.3 Å². The normalized spacial score (nSPS) is 13.9. The third-order valence-corrected chi connectivity index (χ3v) is 9.33. The van der Waals surface area contributed by atoms with Crippen LogP contribution in [0.2, 0.25) is 13.1 Å². The molecule has 0 saturated heterocycles. The molecule has 0 aromatic heterocycles. The number of hydrogen-bond donors (Lipinski definition) is 0. The predicted molar refractivity (Wildman–Crippen MR) is 124 cm³/mol. The Kier molecular flexibility index (Phi) is 14.4. The van der Waals surface area contributed by atoms with Crippen molar-refractivity contribution in [2.24, 2.45) is 0 Å². The molecule has 0 aliphatic heterocycles. The van der Waals surface area contributed by atoms with Gasteiger partial charge in [0.1, 0.15) is 11.5 Å². The van der Waals surface area contributed by atoms with Crippen LogP contribution in [0.5, 0.6) is 0 Å². The molecule has 0 heterocycles. The van der Waals surface area contributed by atoms with Gasteiger partial charge in [-0.2, -0.15) is 0 Å². The number of carbonyl (C=O) groups is 2. The molecule has 0 spiro atoms. The first-order valence-electron chi connectivity index (χ1n) is 10.0. The molecular formula is C21H42O6Si2. The molecule has 8 heteroatoms. The second-order valence-electron chi connectivity index (χ2n) is 8.53. The van der Waals surface area contributed by atoms with Crippen LogP contribution in [0, 0.1) is 0 Å². The summed E-state index contributed by atoms with van der Waals surface area (Å²) in [6, 6.07) is 0. The Labute approximate surface area is 181 Å². The third kappa shape index (κ3) is 14.4. The van der Waals surface area contributed by atoms with Gasteiger partial charge >= 0.3 is 11.9 Å². The zero-order valence-corrected chi connectivity index (χ0v) is 22.6. The first-order chi connectivity index (χ1) is 13.1. The summed E-state index contributed by atoms with van der Waals surface area (Å²) >= 11 is 0. The number of carbonyl (C=O) groups excluding carboxylic acids is 2. The fourth-order valence-corrected chi connectivity index (χ4v) is 4.69. The smallest absolute Gasteiger partial charge is 0.333 e. The molecule has 0 aliphatic rings. The second-order valence-corrected chi connectivity index (χ2v) is 14.3. The predicted octanol–water partition coefficient (Wildman–Crippen LogP) is 4.02. The van der Waals surface area contributed by atoms with Crippen LogP contribution in [-0.2, 0) is 27.9 Å². The zero-order chi connectivity index (χ0) is 23.4. The molecule has 0 bridgehead atoms. The Balaban J connectivity index is 0. The van der Waals surface area contributed by atoms with Crippen LogP contribution in [0.25, 0.3) is 0 Å². The van der Waals surface area contributed by atoms with Crippen molar-refractivity contribution in [2.45, 2.75) is 91.5 Å². The summed E-state index contributed by atoms with van der Waals surface area (Å²) in [6.45, 7) is 24.5. The summed E-state index contributed by atoms with van der Waals surface area (Å²) in [5.41, 5.74) is 0.586. The average Bonchev–Trinajstić information content (AvgIpc) is 2.61. The lowest BCUT2D eigenvalue weighted by molar-refractivity contribution is -0.142. The van der Waals surface area contributed by atoms with Gasteiger partial charge in [-0.25, -0.2) is 9.59 Å². The van der Waals surface area contributed by atoms with Crippen molar-refractivity contribution < 1.29 is 27.9 Å². The van der Waals surface area contributed by atoms with Crippen molar-refractivity contribution in [1.82, 2.24) is 0 Å². The second kappa shape index (κ2) is 13.9.